The molecular weight excluding hydrogens is 695 g/mol. The third-order valence-electron chi connectivity index (χ3n) is 11.5. The van der Waals surface area contributed by atoms with Crippen molar-refractivity contribution in [3.63, 3.8) is 0 Å². The van der Waals surface area contributed by atoms with E-state index in [0.29, 0.717) is 61.1 Å². The molecule has 10 nitrogen and oxygen atoms in total. The number of pyridine rings is 3. The first kappa shape index (κ1) is 36.0. The molecule has 0 saturated carbocycles. The van der Waals surface area contributed by atoms with Gasteiger partial charge in [0.15, 0.2) is 0 Å². The maximum absolute atomic E-state index is 14.9. The molecule has 0 atom stereocenters. The molecule has 0 bridgehead atoms. The lowest BCUT2D eigenvalue weighted by atomic mass is 9.97. The number of carbonyl (C=O) groups excluding carboxylic acids is 2. The van der Waals surface area contributed by atoms with Gasteiger partial charge in [-0.3, -0.25) is 33.8 Å². The molecule has 282 valence electrons. The van der Waals surface area contributed by atoms with E-state index < -0.39 is 17.3 Å². The van der Waals surface area contributed by atoms with Gasteiger partial charge in [-0.15, -0.1) is 0 Å². The Labute approximate surface area is 311 Å². The summed E-state index contributed by atoms with van der Waals surface area (Å²) >= 11 is 0. The summed E-state index contributed by atoms with van der Waals surface area (Å²) in [6.07, 6.45) is 5.77. The Bertz CT molecular complexity index is 2250. The molecule has 5 heterocycles. The lowest BCUT2D eigenvalue weighted by molar-refractivity contribution is -0.135. The van der Waals surface area contributed by atoms with Crippen LogP contribution < -0.4 is 5.56 Å². The second kappa shape index (κ2) is 14.7. The fraction of sp³-hybridized carbons (Fsp3) is 0.439. The zero-order valence-corrected chi connectivity index (χ0v) is 30.5. The molecule has 3 aromatic heterocycles. The third kappa shape index (κ3) is 7.13. The van der Waals surface area contributed by atoms with Gasteiger partial charge in [-0.25, -0.2) is 0 Å². The van der Waals surface area contributed by atoms with Crippen molar-refractivity contribution in [1.29, 1.82) is 0 Å². The van der Waals surface area contributed by atoms with E-state index in [-0.39, 0.29) is 55.7 Å². The lowest BCUT2D eigenvalue weighted by Crippen LogP contribution is -2.54. The standard InChI is InChI=1S/C41H44F3N7O3/c1-27(52)48-15-13-47(14-16-48)26-39(54)50-19-17-49(18-20-50)37-11-9-32(23-34(37)41(42,43)44)51-38(53)12-8-30-24-46-36-10-7-28(22-33(36)40(30)51)31-21-29-5-3-2-4-6-35(29)45-25-31/h7-8,10,12,21-25H,2-6,9,11,13-20,26H2,1H3. The molecule has 54 heavy (non-hydrogen) atoms. The Balaban J connectivity index is 1.08. The number of fused-ring (bicyclic) bond motifs is 4. The molecule has 2 saturated heterocycles. The van der Waals surface area contributed by atoms with Crippen LogP contribution in [0.5, 0.6) is 0 Å². The topological polar surface area (TPSA) is 94.9 Å². The van der Waals surface area contributed by atoms with Gasteiger partial charge in [-0.1, -0.05) is 12.5 Å². The Kier molecular flexibility index (Phi) is 9.76. The fourth-order valence-electron chi connectivity index (χ4n) is 8.49. The summed E-state index contributed by atoms with van der Waals surface area (Å²) in [4.78, 5) is 55.2. The number of carbonyl (C=O) groups is 2. The zero-order chi connectivity index (χ0) is 37.6. The van der Waals surface area contributed by atoms with Crippen LogP contribution in [0.15, 0.2) is 70.9 Å². The third-order valence-corrected chi connectivity index (χ3v) is 11.5. The van der Waals surface area contributed by atoms with Crippen molar-refractivity contribution in [2.75, 3.05) is 58.9 Å². The fourth-order valence-corrected chi connectivity index (χ4v) is 8.49. The first-order valence-corrected chi connectivity index (χ1v) is 19.0. The molecule has 4 aromatic rings. The summed E-state index contributed by atoms with van der Waals surface area (Å²) in [7, 11) is 0. The van der Waals surface area contributed by atoms with Crippen LogP contribution in [0.1, 0.15) is 50.3 Å². The minimum Gasteiger partial charge on any atom is -0.371 e. The molecule has 2 aliphatic heterocycles. The van der Waals surface area contributed by atoms with Gasteiger partial charge >= 0.3 is 6.18 Å². The molecule has 4 aliphatic rings. The van der Waals surface area contributed by atoms with Crippen LogP contribution in [-0.4, -0.2) is 111 Å². The molecule has 2 amide bonds. The quantitative estimate of drug-likeness (QED) is 0.193. The number of hydrogen-bond acceptors (Lipinski definition) is 7. The maximum atomic E-state index is 14.9. The highest BCUT2D eigenvalue weighted by Gasteiger charge is 2.39. The number of aromatic nitrogens is 3. The highest BCUT2D eigenvalue weighted by atomic mass is 19.4. The summed E-state index contributed by atoms with van der Waals surface area (Å²) in [6.45, 7) is 5.35. The number of piperazine rings is 2. The first-order chi connectivity index (χ1) is 26.0. The molecule has 0 spiro atoms. The molecule has 8 rings (SSSR count). The summed E-state index contributed by atoms with van der Waals surface area (Å²) in [6, 6.07) is 11.1. The van der Waals surface area contributed by atoms with Gasteiger partial charge in [0.1, 0.15) is 0 Å². The summed E-state index contributed by atoms with van der Waals surface area (Å²) in [5.74, 6) is -0.0345. The van der Waals surface area contributed by atoms with Gasteiger partial charge in [-0.05, 0) is 80.0 Å². The van der Waals surface area contributed by atoms with Gasteiger partial charge in [0.05, 0.1) is 23.2 Å². The number of alkyl halides is 3. The van der Waals surface area contributed by atoms with Crippen LogP contribution in [-0.2, 0) is 22.4 Å². The largest absolute Gasteiger partial charge is 0.418 e. The zero-order valence-electron chi connectivity index (χ0n) is 30.5. The van der Waals surface area contributed by atoms with Crippen LogP contribution >= 0.6 is 0 Å². The highest BCUT2D eigenvalue weighted by Crippen LogP contribution is 2.40. The molecule has 1 aromatic carbocycles. The highest BCUT2D eigenvalue weighted by molar-refractivity contribution is 6.06. The molecular formula is C41H44F3N7O3. The number of amides is 2. The van der Waals surface area contributed by atoms with E-state index in [0.717, 1.165) is 48.6 Å². The molecule has 13 heteroatoms. The number of benzene rings is 1. The number of nitrogens with zero attached hydrogens (tertiary/aromatic N) is 7. The van der Waals surface area contributed by atoms with E-state index in [9.17, 15) is 27.6 Å². The van der Waals surface area contributed by atoms with Crippen LogP contribution in [0.4, 0.5) is 13.2 Å². The Morgan fingerprint density at radius 3 is 2.30 bits per heavy atom. The minimum absolute atomic E-state index is 0.0207. The number of allylic oxidation sites excluding steroid dienone is 4. The van der Waals surface area contributed by atoms with E-state index >= 15 is 0 Å². The Morgan fingerprint density at radius 2 is 1.54 bits per heavy atom. The summed E-state index contributed by atoms with van der Waals surface area (Å²) in [5.41, 5.74) is 4.74. The van der Waals surface area contributed by atoms with E-state index in [1.54, 1.807) is 27.0 Å². The minimum atomic E-state index is -4.65. The van der Waals surface area contributed by atoms with E-state index in [4.69, 9.17) is 4.98 Å². The number of aryl methyl sites for hydroxylation is 2. The second-order valence-electron chi connectivity index (χ2n) is 14.8. The molecule has 0 radical (unpaired) electrons. The van der Waals surface area contributed by atoms with Crippen LogP contribution in [0.2, 0.25) is 0 Å². The van der Waals surface area contributed by atoms with Crippen LogP contribution in [0.25, 0.3) is 38.6 Å². The van der Waals surface area contributed by atoms with Crippen LogP contribution in [0.3, 0.4) is 0 Å². The maximum Gasteiger partial charge on any atom is 0.418 e. The summed E-state index contributed by atoms with van der Waals surface area (Å²) < 4.78 is 46.2. The predicted molar refractivity (Wildman–Crippen MR) is 201 cm³/mol. The number of rotatable bonds is 5. The van der Waals surface area contributed by atoms with E-state index in [2.05, 4.69) is 11.1 Å². The molecule has 2 aliphatic carbocycles. The second-order valence-corrected chi connectivity index (χ2v) is 14.8. The van der Waals surface area contributed by atoms with Crippen molar-refractivity contribution in [2.24, 2.45) is 0 Å². The Hall–Kier alpha value is -5.04. The van der Waals surface area contributed by atoms with Gasteiger partial charge in [-0.2, -0.15) is 13.2 Å². The van der Waals surface area contributed by atoms with Crippen molar-refractivity contribution in [1.82, 2.24) is 34.1 Å². The van der Waals surface area contributed by atoms with Gasteiger partial charge in [0.2, 0.25) is 11.8 Å². The average molecular weight is 740 g/mol. The van der Waals surface area contributed by atoms with Crippen molar-refractivity contribution in [3.8, 4) is 11.1 Å². The molecule has 0 unspecified atom stereocenters. The van der Waals surface area contributed by atoms with Crippen molar-refractivity contribution in [2.45, 2.75) is 58.0 Å². The monoisotopic (exact) mass is 739 g/mol. The van der Waals surface area contributed by atoms with Gasteiger partial charge in [0.25, 0.3) is 5.56 Å². The lowest BCUT2D eigenvalue weighted by Gasteiger charge is -2.40. The van der Waals surface area contributed by atoms with Crippen molar-refractivity contribution >= 4 is 39.3 Å². The van der Waals surface area contributed by atoms with E-state index in [1.807, 2.05) is 29.3 Å². The van der Waals surface area contributed by atoms with Crippen LogP contribution in [0, 0.1) is 0 Å². The Morgan fingerprint density at radius 1 is 0.778 bits per heavy atom. The normalized spacial score (nSPS) is 18.9. The van der Waals surface area contributed by atoms with E-state index in [1.165, 1.54) is 29.5 Å². The molecule has 2 fully saturated rings. The smallest absolute Gasteiger partial charge is 0.371 e. The number of halogens is 3. The molecule has 0 N–H and O–H groups in total. The predicted octanol–water partition coefficient (Wildman–Crippen LogP) is 5.64. The summed E-state index contributed by atoms with van der Waals surface area (Å²) in [5, 5.41) is 1.34. The first-order valence-electron chi connectivity index (χ1n) is 19.0. The van der Waals surface area contributed by atoms with Crippen molar-refractivity contribution < 1.29 is 22.8 Å². The van der Waals surface area contributed by atoms with Crippen molar-refractivity contribution in [3.05, 3.63) is 87.7 Å². The van der Waals surface area contributed by atoms with Gasteiger partial charge < -0.3 is 14.7 Å². The average Bonchev–Trinajstić information content (AvgIpc) is 3.42. The number of hydrogen-bond donors (Lipinski definition) is 0. The SMILES string of the molecule is CC(=O)N1CCN(CC(=O)N2CCN(C3=C(C(F)(F)F)C=C(n4c(=O)ccc5cnc6ccc(-c7cnc8c(c7)CCCCC8)cc6c54)CC3)CC2)CC1. The van der Waals surface area contributed by atoms with Gasteiger partial charge in [0, 0.05) is 111 Å².